The first-order chi connectivity index (χ1) is 9.97. The predicted molar refractivity (Wildman–Crippen MR) is 88.1 cm³/mol. The Kier molecular flexibility index (Phi) is 3.90. The predicted octanol–water partition coefficient (Wildman–Crippen LogP) is 3.60. The van der Waals surface area contributed by atoms with Crippen LogP contribution in [0.2, 0.25) is 0 Å². The van der Waals surface area contributed by atoms with Crippen LogP contribution in [0.5, 0.6) is 0 Å². The average molecular weight is 321 g/mol. The van der Waals surface area contributed by atoms with E-state index in [1.54, 1.807) is 25.2 Å². The topological polar surface area (TPSA) is 46.2 Å². The van der Waals surface area contributed by atoms with Gasteiger partial charge in [-0.25, -0.2) is 13.1 Å². The molecule has 0 radical (unpaired) electrons. The van der Waals surface area contributed by atoms with E-state index in [4.69, 9.17) is 0 Å². The van der Waals surface area contributed by atoms with Crippen LogP contribution in [-0.2, 0) is 10.0 Å². The van der Waals surface area contributed by atoms with E-state index in [1.165, 1.54) is 16.0 Å². The van der Waals surface area contributed by atoms with Crippen molar-refractivity contribution in [2.75, 3.05) is 0 Å². The first-order valence-electron chi connectivity index (χ1n) is 7.12. The summed E-state index contributed by atoms with van der Waals surface area (Å²) in [5.74, 6) is 0.316. The summed E-state index contributed by atoms with van der Waals surface area (Å²) in [6, 6.07) is 12.7. The smallest absolute Gasteiger partial charge is 0.212 e. The molecule has 112 valence electrons. The standard InChI is InChI=1S/C16H19NO2S2/c1-11(2)21(18,19)17-15-10-14(15)12-5-7-13(8-6-12)16-4-3-9-20-16/h3-9,11,14-15,17H,10H2,1-2H3/t14-,15+/m1/s1. The van der Waals surface area contributed by atoms with Gasteiger partial charge < -0.3 is 0 Å². The average Bonchev–Trinajstić information content (AvgIpc) is 2.99. The molecule has 0 unspecified atom stereocenters. The second kappa shape index (κ2) is 5.55. The SMILES string of the molecule is CC(C)S(=O)(=O)N[C@H]1C[C@@H]1c1ccc(-c2cccs2)cc1. The normalized spacial score (nSPS) is 21.7. The molecule has 2 aromatic rings. The van der Waals surface area contributed by atoms with E-state index in [2.05, 4.69) is 40.4 Å². The summed E-state index contributed by atoms with van der Waals surface area (Å²) in [5.41, 5.74) is 2.43. The minimum Gasteiger partial charge on any atom is -0.212 e. The van der Waals surface area contributed by atoms with Gasteiger partial charge in [-0.05, 0) is 42.8 Å². The van der Waals surface area contributed by atoms with E-state index in [9.17, 15) is 8.42 Å². The van der Waals surface area contributed by atoms with E-state index in [0.717, 1.165) is 6.42 Å². The fourth-order valence-electron chi connectivity index (χ4n) is 2.38. The van der Waals surface area contributed by atoms with E-state index in [0.29, 0.717) is 5.92 Å². The fraction of sp³-hybridized carbons (Fsp3) is 0.375. The molecule has 1 fully saturated rings. The van der Waals surface area contributed by atoms with E-state index >= 15 is 0 Å². The molecule has 21 heavy (non-hydrogen) atoms. The van der Waals surface area contributed by atoms with Crippen LogP contribution in [0.15, 0.2) is 41.8 Å². The van der Waals surface area contributed by atoms with Crippen LogP contribution in [0.3, 0.4) is 0 Å². The number of hydrogen-bond acceptors (Lipinski definition) is 3. The summed E-state index contributed by atoms with van der Waals surface area (Å²) in [6.07, 6.45) is 0.893. The third-order valence-corrected chi connectivity index (χ3v) is 6.66. The number of rotatable bonds is 5. The molecule has 0 spiro atoms. The van der Waals surface area contributed by atoms with Crippen LogP contribution in [0, 0.1) is 0 Å². The molecule has 5 heteroatoms. The largest absolute Gasteiger partial charge is 0.214 e. The first kappa shape index (κ1) is 14.8. The number of benzene rings is 1. The molecular weight excluding hydrogens is 302 g/mol. The van der Waals surface area contributed by atoms with Crippen molar-refractivity contribution in [3.63, 3.8) is 0 Å². The second-order valence-electron chi connectivity index (χ2n) is 5.76. The molecule has 1 saturated carbocycles. The molecule has 1 N–H and O–H groups in total. The van der Waals surface area contributed by atoms with Crippen molar-refractivity contribution in [1.29, 1.82) is 0 Å². The lowest BCUT2D eigenvalue weighted by Gasteiger charge is -2.09. The monoisotopic (exact) mass is 321 g/mol. The van der Waals surface area contributed by atoms with Crippen molar-refractivity contribution < 1.29 is 8.42 Å². The van der Waals surface area contributed by atoms with Gasteiger partial charge in [0.05, 0.1) is 5.25 Å². The zero-order chi connectivity index (χ0) is 15.0. The highest BCUT2D eigenvalue weighted by molar-refractivity contribution is 7.90. The lowest BCUT2D eigenvalue weighted by molar-refractivity contribution is 0.571. The van der Waals surface area contributed by atoms with Crippen LogP contribution < -0.4 is 4.72 Å². The van der Waals surface area contributed by atoms with Gasteiger partial charge >= 0.3 is 0 Å². The summed E-state index contributed by atoms with van der Waals surface area (Å²) in [4.78, 5) is 1.26. The van der Waals surface area contributed by atoms with Gasteiger partial charge in [0.2, 0.25) is 10.0 Å². The van der Waals surface area contributed by atoms with Gasteiger partial charge in [0.1, 0.15) is 0 Å². The van der Waals surface area contributed by atoms with E-state index in [-0.39, 0.29) is 11.3 Å². The van der Waals surface area contributed by atoms with Crippen molar-refractivity contribution in [3.8, 4) is 10.4 Å². The molecule has 1 heterocycles. The van der Waals surface area contributed by atoms with Gasteiger partial charge in [0, 0.05) is 16.8 Å². The number of thiophene rings is 1. The third-order valence-electron chi connectivity index (χ3n) is 3.87. The molecule has 3 nitrogen and oxygen atoms in total. The molecule has 0 amide bonds. The molecule has 2 atom stereocenters. The van der Waals surface area contributed by atoms with E-state index < -0.39 is 10.0 Å². The summed E-state index contributed by atoms with van der Waals surface area (Å²) >= 11 is 1.73. The van der Waals surface area contributed by atoms with Crippen molar-refractivity contribution in [1.82, 2.24) is 4.72 Å². The number of sulfonamides is 1. The molecule has 3 rings (SSSR count). The Morgan fingerprint density at radius 2 is 1.90 bits per heavy atom. The van der Waals surface area contributed by atoms with Gasteiger partial charge in [-0.15, -0.1) is 11.3 Å². The zero-order valence-electron chi connectivity index (χ0n) is 12.1. The summed E-state index contributed by atoms with van der Waals surface area (Å²) in [7, 11) is -3.17. The molecule has 1 aromatic carbocycles. The van der Waals surface area contributed by atoms with Crippen LogP contribution in [0.1, 0.15) is 31.7 Å². The van der Waals surface area contributed by atoms with Gasteiger partial charge in [0.15, 0.2) is 0 Å². The van der Waals surface area contributed by atoms with Crippen LogP contribution in [0.4, 0.5) is 0 Å². The minimum atomic E-state index is -3.17. The van der Waals surface area contributed by atoms with Crippen molar-refractivity contribution >= 4 is 21.4 Å². The van der Waals surface area contributed by atoms with Gasteiger partial charge in [-0.1, -0.05) is 30.3 Å². The van der Waals surface area contributed by atoms with Gasteiger partial charge in [-0.2, -0.15) is 0 Å². The minimum absolute atomic E-state index is 0.0602. The van der Waals surface area contributed by atoms with Crippen molar-refractivity contribution in [3.05, 3.63) is 47.3 Å². The quantitative estimate of drug-likeness (QED) is 0.914. The maximum atomic E-state index is 11.9. The molecule has 0 aliphatic heterocycles. The Morgan fingerprint density at radius 1 is 1.19 bits per heavy atom. The molecule has 0 bridgehead atoms. The molecular formula is C16H19NO2S2. The third kappa shape index (κ3) is 3.20. The zero-order valence-corrected chi connectivity index (χ0v) is 13.7. The Morgan fingerprint density at radius 3 is 2.48 bits per heavy atom. The highest BCUT2D eigenvalue weighted by Gasteiger charge is 2.41. The molecule has 1 aliphatic carbocycles. The highest BCUT2D eigenvalue weighted by atomic mass is 32.2. The molecule has 1 aliphatic rings. The Bertz CT molecular complexity index is 703. The number of hydrogen-bond donors (Lipinski definition) is 1. The van der Waals surface area contributed by atoms with E-state index in [1.807, 2.05) is 6.07 Å². The Hall–Kier alpha value is -1.17. The molecule has 1 aromatic heterocycles. The van der Waals surface area contributed by atoms with Crippen LogP contribution >= 0.6 is 11.3 Å². The summed E-state index contributed by atoms with van der Waals surface area (Å²) in [6.45, 7) is 3.41. The van der Waals surface area contributed by atoms with Crippen LogP contribution in [-0.4, -0.2) is 19.7 Å². The second-order valence-corrected chi connectivity index (χ2v) is 8.98. The van der Waals surface area contributed by atoms with Crippen molar-refractivity contribution in [2.24, 2.45) is 0 Å². The first-order valence-corrected chi connectivity index (χ1v) is 9.55. The fourth-order valence-corrected chi connectivity index (χ4v) is 4.07. The lowest BCUT2D eigenvalue weighted by atomic mass is 10.1. The molecule has 0 saturated heterocycles. The Balaban J connectivity index is 1.67. The van der Waals surface area contributed by atoms with Crippen molar-refractivity contribution in [2.45, 2.75) is 37.5 Å². The highest BCUT2D eigenvalue weighted by Crippen LogP contribution is 2.42. The van der Waals surface area contributed by atoms with Gasteiger partial charge in [0.25, 0.3) is 0 Å². The van der Waals surface area contributed by atoms with Crippen LogP contribution in [0.25, 0.3) is 10.4 Å². The maximum Gasteiger partial charge on any atom is 0.214 e. The maximum absolute atomic E-state index is 11.9. The summed E-state index contributed by atoms with van der Waals surface area (Å²) in [5, 5.41) is 1.70. The lowest BCUT2D eigenvalue weighted by Crippen LogP contribution is -2.33. The Labute approximate surface area is 130 Å². The number of nitrogens with one attached hydrogen (secondary N) is 1. The summed E-state index contributed by atoms with van der Waals surface area (Å²) < 4.78 is 26.5. The van der Waals surface area contributed by atoms with Gasteiger partial charge in [-0.3, -0.25) is 0 Å².